The standard InChI is InChI=1S/C14H7BrClN3O5/c15-7-3-6-1-2-8-9(14(20)12(6)17-5-7)4-10(18(21)22)11(16)13(8)19(23)24/h3-5H,1-2H2. The average Bonchev–Trinajstić information content (AvgIpc) is 2.63. The van der Waals surface area contributed by atoms with Crippen LogP contribution in [0.3, 0.4) is 0 Å². The second-order valence-electron chi connectivity index (χ2n) is 5.09. The van der Waals surface area contributed by atoms with Crippen molar-refractivity contribution in [3.8, 4) is 0 Å². The van der Waals surface area contributed by atoms with Gasteiger partial charge in [0.05, 0.1) is 9.85 Å². The van der Waals surface area contributed by atoms with Gasteiger partial charge in [0, 0.05) is 27.9 Å². The predicted octanol–water partition coefficient (Wildman–Crippen LogP) is 3.64. The number of hydrogen-bond acceptors (Lipinski definition) is 6. The van der Waals surface area contributed by atoms with E-state index in [1.165, 1.54) is 6.20 Å². The molecule has 3 rings (SSSR count). The molecule has 0 radical (unpaired) electrons. The highest BCUT2D eigenvalue weighted by molar-refractivity contribution is 9.10. The van der Waals surface area contributed by atoms with Crippen molar-refractivity contribution in [2.24, 2.45) is 0 Å². The third-order valence-electron chi connectivity index (χ3n) is 3.74. The number of benzene rings is 1. The molecule has 0 amide bonds. The molecule has 0 atom stereocenters. The summed E-state index contributed by atoms with van der Waals surface area (Å²) in [6.07, 6.45) is 1.91. The molecule has 8 nitrogen and oxygen atoms in total. The maximum absolute atomic E-state index is 12.7. The van der Waals surface area contributed by atoms with E-state index in [9.17, 15) is 25.0 Å². The lowest BCUT2D eigenvalue weighted by Gasteiger charge is -2.07. The van der Waals surface area contributed by atoms with Crippen molar-refractivity contribution >= 4 is 44.7 Å². The Balaban J connectivity index is 2.33. The van der Waals surface area contributed by atoms with E-state index in [0.29, 0.717) is 16.5 Å². The number of aryl methyl sites for hydroxylation is 1. The summed E-state index contributed by atoms with van der Waals surface area (Å²) >= 11 is 9.11. The summed E-state index contributed by atoms with van der Waals surface area (Å²) in [5, 5.41) is 21.9. The Morgan fingerprint density at radius 1 is 1.17 bits per heavy atom. The molecule has 0 N–H and O–H groups in total. The summed E-state index contributed by atoms with van der Waals surface area (Å²) < 4.78 is 0.665. The number of nitrogens with zero attached hydrogens (tertiary/aromatic N) is 3. The third-order valence-corrected chi connectivity index (χ3v) is 4.55. The predicted molar refractivity (Wildman–Crippen MR) is 87.5 cm³/mol. The number of halogens is 2. The van der Waals surface area contributed by atoms with Crippen LogP contribution in [0, 0.1) is 20.2 Å². The van der Waals surface area contributed by atoms with Crippen LogP contribution in [0.2, 0.25) is 5.02 Å². The van der Waals surface area contributed by atoms with E-state index in [1.807, 2.05) is 0 Å². The molecule has 2 aromatic rings. The zero-order valence-electron chi connectivity index (χ0n) is 11.8. The Morgan fingerprint density at radius 2 is 1.88 bits per heavy atom. The maximum Gasteiger partial charge on any atom is 0.298 e. The molecular formula is C14H7BrClN3O5. The Morgan fingerprint density at radius 3 is 2.50 bits per heavy atom. The quantitative estimate of drug-likeness (QED) is 0.549. The summed E-state index contributed by atoms with van der Waals surface area (Å²) in [6.45, 7) is 0. The summed E-state index contributed by atoms with van der Waals surface area (Å²) in [7, 11) is 0. The number of rotatable bonds is 2. The van der Waals surface area contributed by atoms with Crippen LogP contribution < -0.4 is 0 Å². The van der Waals surface area contributed by atoms with Gasteiger partial charge >= 0.3 is 0 Å². The number of nitro benzene ring substituents is 2. The van der Waals surface area contributed by atoms with Crippen LogP contribution in [-0.2, 0) is 12.8 Å². The fourth-order valence-electron chi connectivity index (χ4n) is 2.71. The molecule has 0 saturated heterocycles. The van der Waals surface area contributed by atoms with Crippen molar-refractivity contribution in [2.45, 2.75) is 12.8 Å². The number of nitro groups is 2. The van der Waals surface area contributed by atoms with Gasteiger partial charge in [0.25, 0.3) is 11.4 Å². The first-order valence-corrected chi connectivity index (χ1v) is 7.81. The highest BCUT2D eigenvalue weighted by atomic mass is 79.9. The van der Waals surface area contributed by atoms with Gasteiger partial charge in [-0.25, -0.2) is 0 Å². The number of ketones is 1. The fraction of sp³-hybridized carbons (Fsp3) is 0.143. The molecule has 0 bridgehead atoms. The second kappa shape index (κ2) is 5.91. The van der Waals surface area contributed by atoms with Crippen LogP contribution in [0.1, 0.15) is 27.2 Å². The molecule has 0 fully saturated rings. The lowest BCUT2D eigenvalue weighted by atomic mass is 9.98. The molecule has 10 heteroatoms. The van der Waals surface area contributed by atoms with Gasteiger partial charge in [0.2, 0.25) is 5.78 Å². The minimum Gasteiger partial charge on any atom is -0.287 e. The smallest absolute Gasteiger partial charge is 0.287 e. The maximum atomic E-state index is 12.7. The van der Waals surface area contributed by atoms with E-state index in [2.05, 4.69) is 20.9 Å². The number of aromatic nitrogens is 1. The van der Waals surface area contributed by atoms with Gasteiger partial charge in [-0.1, -0.05) is 11.6 Å². The second-order valence-corrected chi connectivity index (χ2v) is 6.38. The Labute approximate surface area is 147 Å². The molecule has 0 saturated carbocycles. The molecule has 0 aliphatic heterocycles. The van der Waals surface area contributed by atoms with Crippen molar-refractivity contribution in [1.82, 2.24) is 4.98 Å². The van der Waals surface area contributed by atoms with Crippen LogP contribution in [0.15, 0.2) is 22.8 Å². The zero-order valence-corrected chi connectivity index (χ0v) is 14.1. The average molecular weight is 413 g/mol. The first-order chi connectivity index (χ1) is 11.3. The number of fused-ring (bicyclic) bond motifs is 2. The van der Waals surface area contributed by atoms with E-state index in [-0.39, 0.29) is 23.2 Å². The van der Waals surface area contributed by atoms with Gasteiger partial charge in [-0.15, -0.1) is 0 Å². The molecule has 1 heterocycles. The molecule has 0 spiro atoms. The van der Waals surface area contributed by atoms with Crippen LogP contribution in [0.5, 0.6) is 0 Å². The number of hydrogen-bond donors (Lipinski definition) is 0. The summed E-state index contributed by atoms with van der Waals surface area (Å²) in [5.74, 6) is -0.590. The van der Waals surface area contributed by atoms with Crippen molar-refractivity contribution in [3.05, 3.63) is 70.4 Å². The minimum atomic E-state index is -0.844. The van der Waals surface area contributed by atoms with E-state index < -0.39 is 32.0 Å². The largest absolute Gasteiger partial charge is 0.298 e. The van der Waals surface area contributed by atoms with E-state index in [1.54, 1.807) is 6.07 Å². The van der Waals surface area contributed by atoms with Gasteiger partial charge < -0.3 is 0 Å². The third kappa shape index (κ3) is 2.55. The molecule has 1 aliphatic carbocycles. The molecular weight excluding hydrogens is 406 g/mol. The van der Waals surface area contributed by atoms with Gasteiger partial charge in [-0.2, -0.15) is 0 Å². The summed E-state index contributed by atoms with van der Waals surface area (Å²) in [4.78, 5) is 37.7. The van der Waals surface area contributed by atoms with Crippen LogP contribution >= 0.6 is 27.5 Å². The van der Waals surface area contributed by atoms with Gasteiger partial charge in [-0.05, 0) is 40.4 Å². The van der Waals surface area contributed by atoms with Gasteiger partial charge in [0.1, 0.15) is 5.69 Å². The molecule has 1 aromatic heterocycles. The number of pyridine rings is 1. The van der Waals surface area contributed by atoms with Crippen LogP contribution in [-0.4, -0.2) is 20.6 Å². The zero-order chi connectivity index (χ0) is 17.6. The topological polar surface area (TPSA) is 116 Å². The molecule has 122 valence electrons. The number of carbonyl (C=O) groups is 1. The van der Waals surface area contributed by atoms with Crippen LogP contribution in [0.4, 0.5) is 11.4 Å². The SMILES string of the molecule is O=C1c2cc([N+](=O)[O-])c(Cl)c([N+](=O)[O-])c2CCc2cc(Br)cnc21. The lowest BCUT2D eigenvalue weighted by molar-refractivity contribution is -0.394. The van der Waals surface area contributed by atoms with Crippen LogP contribution in [0.25, 0.3) is 0 Å². The Kier molecular flexibility index (Phi) is 4.06. The molecule has 24 heavy (non-hydrogen) atoms. The Hall–Kier alpha value is -2.39. The van der Waals surface area contributed by atoms with E-state index in [0.717, 1.165) is 6.07 Å². The van der Waals surface area contributed by atoms with Gasteiger partial charge in [0.15, 0.2) is 5.02 Å². The molecule has 0 unspecified atom stereocenters. The van der Waals surface area contributed by atoms with E-state index in [4.69, 9.17) is 11.6 Å². The van der Waals surface area contributed by atoms with Crippen molar-refractivity contribution < 1.29 is 14.6 Å². The van der Waals surface area contributed by atoms with Gasteiger partial charge in [-0.3, -0.25) is 30.0 Å². The summed E-state index contributed by atoms with van der Waals surface area (Å²) in [5.41, 5.74) is -0.542. The van der Waals surface area contributed by atoms with Crippen molar-refractivity contribution in [2.75, 3.05) is 0 Å². The highest BCUT2D eigenvalue weighted by Crippen LogP contribution is 2.41. The fourth-order valence-corrected chi connectivity index (χ4v) is 3.40. The summed E-state index contributed by atoms with van der Waals surface area (Å²) in [6, 6.07) is 2.69. The van der Waals surface area contributed by atoms with E-state index >= 15 is 0 Å². The first-order valence-electron chi connectivity index (χ1n) is 6.64. The molecule has 1 aliphatic rings. The first kappa shape index (κ1) is 16.5. The molecule has 1 aromatic carbocycles. The normalized spacial score (nSPS) is 13.0. The van der Waals surface area contributed by atoms with Crippen molar-refractivity contribution in [3.63, 3.8) is 0 Å². The monoisotopic (exact) mass is 411 g/mol. The number of carbonyl (C=O) groups excluding carboxylic acids is 1. The lowest BCUT2D eigenvalue weighted by Crippen LogP contribution is -2.09. The Bertz CT molecular complexity index is 931. The highest BCUT2D eigenvalue weighted by Gasteiger charge is 2.35. The van der Waals surface area contributed by atoms with Crippen molar-refractivity contribution in [1.29, 1.82) is 0 Å². The minimum absolute atomic E-state index is 0.0923.